The summed E-state index contributed by atoms with van der Waals surface area (Å²) in [6.45, 7) is -0.0310. The van der Waals surface area contributed by atoms with Crippen LogP contribution in [0, 0.1) is 5.82 Å². The van der Waals surface area contributed by atoms with Crippen molar-refractivity contribution in [1.29, 1.82) is 0 Å². The van der Waals surface area contributed by atoms with E-state index in [9.17, 15) is 22.4 Å². The molecule has 0 aliphatic carbocycles. The molecule has 0 aromatic heterocycles. The molecule has 0 spiro atoms. The molecule has 0 radical (unpaired) electrons. The van der Waals surface area contributed by atoms with E-state index in [-0.39, 0.29) is 18.9 Å². The largest absolute Gasteiger partial charge is 0.489 e. The number of alkyl halides is 3. The van der Waals surface area contributed by atoms with E-state index >= 15 is 0 Å². The summed E-state index contributed by atoms with van der Waals surface area (Å²) in [5.41, 5.74) is -1.42. The maximum atomic E-state index is 13.4. The molecule has 0 atom stereocenters. The Morgan fingerprint density at radius 2 is 1.71 bits per heavy atom. The number of halogens is 4. The molecule has 0 aliphatic heterocycles. The van der Waals surface area contributed by atoms with E-state index in [1.54, 1.807) is 6.07 Å². The Hall–Kier alpha value is -2.57. The molecule has 0 N–H and O–H groups in total. The molecule has 2 aromatic rings. The molecule has 1 amide bonds. The fraction of sp³-hybridized carbons (Fsp3) is 0.235. The Morgan fingerprint density at radius 3 is 2.38 bits per heavy atom. The summed E-state index contributed by atoms with van der Waals surface area (Å²) in [5, 5.41) is 0. The number of amides is 1. The van der Waals surface area contributed by atoms with Crippen LogP contribution in [0.5, 0.6) is 5.75 Å². The normalized spacial score (nSPS) is 11.2. The minimum absolute atomic E-state index is 0.0133. The van der Waals surface area contributed by atoms with Crippen molar-refractivity contribution in [1.82, 2.24) is 4.90 Å². The van der Waals surface area contributed by atoms with Crippen molar-refractivity contribution in [3.63, 3.8) is 0 Å². The molecule has 0 aliphatic rings. The molecule has 2 rings (SSSR count). The van der Waals surface area contributed by atoms with Gasteiger partial charge in [-0.1, -0.05) is 24.3 Å². The highest BCUT2D eigenvalue weighted by atomic mass is 19.4. The van der Waals surface area contributed by atoms with Gasteiger partial charge in [0.05, 0.1) is 17.7 Å². The second kappa shape index (κ2) is 7.33. The highest BCUT2D eigenvalue weighted by molar-refractivity contribution is 5.95. The second-order valence-corrected chi connectivity index (χ2v) is 5.05. The van der Waals surface area contributed by atoms with Crippen LogP contribution in [-0.2, 0) is 6.18 Å². The number of carbonyl (C=O) groups excluding carboxylic acids is 1. The van der Waals surface area contributed by atoms with Gasteiger partial charge in [-0.25, -0.2) is 4.39 Å². The van der Waals surface area contributed by atoms with E-state index in [1.807, 2.05) is 0 Å². The standard InChI is InChI=1S/C17H15F4NO2/c1-22(10-11-24-15-9-5-4-8-14(15)18)16(23)12-6-2-3-7-13(12)17(19,20)21/h2-9H,10-11H2,1H3. The third-order valence-corrected chi connectivity index (χ3v) is 3.33. The molecule has 7 heteroatoms. The first-order valence-corrected chi connectivity index (χ1v) is 7.09. The SMILES string of the molecule is CN(CCOc1ccccc1F)C(=O)c1ccccc1C(F)(F)F. The molecule has 0 saturated carbocycles. The van der Waals surface area contributed by atoms with Gasteiger partial charge < -0.3 is 9.64 Å². The summed E-state index contributed by atoms with van der Waals surface area (Å²) in [6, 6.07) is 10.3. The van der Waals surface area contributed by atoms with Crippen molar-refractivity contribution in [3.05, 3.63) is 65.5 Å². The number of hydrogen-bond donors (Lipinski definition) is 0. The minimum Gasteiger partial charge on any atom is -0.489 e. The summed E-state index contributed by atoms with van der Waals surface area (Å²) < 4.78 is 57.4. The minimum atomic E-state index is -4.61. The predicted molar refractivity (Wildman–Crippen MR) is 80.3 cm³/mol. The zero-order chi connectivity index (χ0) is 17.7. The zero-order valence-corrected chi connectivity index (χ0v) is 12.8. The van der Waals surface area contributed by atoms with Gasteiger partial charge in [0, 0.05) is 7.05 Å². The maximum Gasteiger partial charge on any atom is 0.417 e. The number of nitrogens with zero attached hydrogens (tertiary/aromatic N) is 1. The Morgan fingerprint density at radius 1 is 1.08 bits per heavy atom. The van der Waals surface area contributed by atoms with Crippen molar-refractivity contribution in [2.24, 2.45) is 0 Å². The molecule has 2 aromatic carbocycles. The van der Waals surface area contributed by atoms with Crippen LogP contribution in [0.15, 0.2) is 48.5 Å². The first-order valence-electron chi connectivity index (χ1n) is 7.09. The van der Waals surface area contributed by atoms with Crippen LogP contribution in [0.25, 0.3) is 0 Å². The van der Waals surface area contributed by atoms with Gasteiger partial charge in [-0.2, -0.15) is 13.2 Å². The van der Waals surface area contributed by atoms with Gasteiger partial charge in [-0.15, -0.1) is 0 Å². The average Bonchev–Trinajstić information content (AvgIpc) is 2.55. The number of benzene rings is 2. The Bertz CT molecular complexity index is 716. The number of likely N-dealkylation sites (N-methyl/N-ethyl adjacent to an activating group) is 1. The smallest absolute Gasteiger partial charge is 0.417 e. The van der Waals surface area contributed by atoms with E-state index in [0.717, 1.165) is 17.0 Å². The highest BCUT2D eigenvalue weighted by Crippen LogP contribution is 2.32. The van der Waals surface area contributed by atoms with Gasteiger partial charge in [0.1, 0.15) is 6.61 Å². The average molecular weight is 341 g/mol. The molecule has 0 fully saturated rings. The van der Waals surface area contributed by atoms with E-state index in [4.69, 9.17) is 4.74 Å². The summed E-state index contributed by atoms with van der Waals surface area (Å²) in [7, 11) is 1.36. The lowest BCUT2D eigenvalue weighted by atomic mass is 10.1. The first-order chi connectivity index (χ1) is 11.3. The lowest BCUT2D eigenvalue weighted by molar-refractivity contribution is -0.138. The van der Waals surface area contributed by atoms with Crippen molar-refractivity contribution in [2.75, 3.05) is 20.2 Å². The van der Waals surface area contributed by atoms with Crippen LogP contribution >= 0.6 is 0 Å². The topological polar surface area (TPSA) is 29.5 Å². The Kier molecular flexibility index (Phi) is 5.43. The third-order valence-electron chi connectivity index (χ3n) is 3.33. The van der Waals surface area contributed by atoms with Crippen LogP contribution in [0.1, 0.15) is 15.9 Å². The molecule has 0 bridgehead atoms. The predicted octanol–water partition coefficient (Wildman–Crippen LogP) is 4.00. The fourth-order valence-electron chi connectivity index (χ4n) is 2.08. The number of carbonyl (C=O) groups is 1. The zero-order valence-electron chi connectivity index (χ0n) is 12.8. The van der Waals surface area contributed by atoms with E-state index < -0.39 is 29.0 Å². The lowest BCUT2D eigenvalue weighted by Gasteiger charge is -2.20. The van der Waals surface area contributed by atoms with Crippen LogP contribution < -0.4 is 4.74 Å². The summed E-state index contributed by atoms with van der Waals surface area (Å²) in [5.74, 6) is -1.30. The van der Waals surface area contributed by atoms with Crippen LogP contribution in [0.3, 0.4) is 0 Å². The van der Waals surface area contributed by atoms with E-state index in [1.165, 1.54) is 37.4 Å². The summed E-state index contributed by atoms with van der Waals surface area (Å²) in [4.78, 5) is 13.3. The monoisotopic (exact) mass is 341 g/mol. The van der Waals surface area contributed by atoms with Gasteiger partial charge >= 0.3 is 6.18 Å². The van der Waals surface area contributed by atoms with Gasteiger partial charge in [-0.3, -0.25) is 4.79 Å². The van der Waals surface area contributed by atoms with E-state index in [2.05, 4.69) is 0 Å². The maximum absolute atomic E-state index is 13.4. The molecule has 0 saturated heterocycles. The van der Waals surface area contributed by atoms with Crippen molar-refractivity contribution in [3.8, 4) is 5.75 Å². The van der Waals surface area contributed by atoms with E-state index in [0.29, 0.717) is 0 Å². The van der Waals surface area contributed by atoms with Crippen molar-refractivity contribution >= 4 is 5.91 Å². The molecule has 128 valence electrons. The van der Waals surface area contributed by atoms with Crippen LogP contribution in [-0.4, -0.2) is 31.0 Å². The molecule has 0 heterocycles. The van der Waals surface area contributed by atoms with Crippen LogP contribution in [0.4, 0.5) is 17.6 Å². The summed E-state index contributed by atoms with van der Waals surface area (Å²) in [6.07, 6.45) is -4.61. The Labute approximate surface area is 136 Å². The number of hydrogen-bond acceptors (Lipinski definition) is 2. The molecular weight excluding hydrogens is 326 g/mol. The second-order valence-electron chi connectivity index (χ2n) is 5.05. The van der Waals surface area contributed by atoms with Gasteiger partial charge in [0.25, 0.3) is 5.91 Å². The van der Waals surface area contributed by atoms with Gasteiger partial charge in [-0.05, 0) is 24.3 Å². The van der Waals surface area contributed by atoms with Crippen molar-refractivity contribution < 1.29 is 27.1 Å². The van der Waals surface area contributed by atoms with Crippen LogP contribution in [0.2, 0.25) is 0 Å². The quantitative estimate of drug-likeness (QED) is 0.770. The van der Waals surface area contributed by atoms with Crippen molar-refractivity contribution in [2.45, 2.75) is 6.18 Å². The lowest BCUT2D eigenvalue weighted by Crippen LogP contribution is -2.32. The number of ether oxygens (including phenoxy) is 1. The highest BCUT2D eigenvalue weighted by Gasteiger charge is 2.35. The van der Waals surface area contributed by atoms with Gasteiger partial charge in [0.15, 0.2) is 11.6 Å². The number of rotatable bonds is 5. The number of para-hydroxylation sites is 1. The molecule has 24 heavy (non-hydrogen) atoms. The Balaban J connectivity index is 2.02. The first kappa shape index (κ1) is 17.8. The molecule has 3 nitrogen and oxygen atoms in total. The fourth-order valence-corrected chi connectivity index (χ4v) is 2.08. The third kappa shape index (κ3) is 4.24. The molecular formula is C17H15F4NO2. The molecule has 0 unspecified atom stereocenters. The van der Waals surface area contributed by atoms with Gasteiger partial charge in [0.2, 0.25) is 0 Å². The summed E-state index contributed by atoms with van der Waals surface area (Å²) >= 11 is 0.